The summed E-state index contributed by atoms with van der Waals surface area (Å²) in [5.41, 5.74) is 1.25. The Balaban J connectivity index is 2.13. The lowest BCUT2D eigenvalue weighted by atomic mass is 10.3. The summed E-state index contributed by atoms with van der Waals surface area (Å²) in [6, 6.07) is 20.9. The molecule has 0 aliphatic rings. The van der Waals surface area contributed by atoms with Crippen LogP contribution in [0, 0.1) is 0 Å². The molecule has 0 fully saturated rings. The first-order valence-electron chi connectivity index (χ1n) is 5.46. The summed E-state index contributed by atoms with van der Waals surface area (Å²) in [6.45, 7) is 3.16. The van der Waals surface area contributed by atoms with Crippen LogP contribution in [-0.4, -0.2) is 6.54 Å². The summed E-state index contributed by atoms with van der Waals surface area (Å²) < 4.78 is 2.29. The molecule has 0 heterocycles. The van der Waals surface area contributed by atoms with Gasteiger partial charge in [0.15, 0.2) is 0 Å². The lowest BCUT2D eigenvalue weighted by Crippen LogP contribution is -2.12. The molecule has 82 valence electrons. The Hall–Kier alpha value is -1.41. The van der Waals surface area contributed by atoms with Crippen molar-refractivity contribution in [2.45, 2.75) is 11.8 Å². The predicted molar refractivity (Wildman–Crippen MR) is 71.8 cm³/mol. The van der Waals surface area contributed by atoms with Crippen LogP contribution in [0.3, 0.4) is 0 Å². The average Bonchev–Trinajstić information content (AvgIpc) is 2.38. The third-order valence-corrected chi connectivity index (χ3v) is 3.46. The zero-order valence-electron chi connectivity index (χ0n) is 9.34. The summed E-state index contributed by atoms with van der Waals surface area (Å²) in [7, 11) is 0. The van der Waals surface area contributed by atoms with E-state index in [0.29, 0.717) is 0 Å². The van der Waals surface area contributed by atoms with E-state index in [1.54, 1.807) is 11.9 Å². The molecule has 0 amide bonds. The minimum absolute atomic E-state index is 0.990. The molecule has 0 aliphatic carbocycles. The van der Waals surface area contributed by atoms with Gasteiger partial charge in [0, 0.05) is 17.1 Å². The number of benzene rings is 2. The van der Waals surface area contributed by atoms with Gasteiger partial charge in [-0.15, -0.1) is 0 Å². The Bertz CT molecular complexity index is 413. The lowest BCUT2D eigenvalue weighted by molar-refractivity contribution is 1.11. The highest BCUT2D eigenvalue weighted by atomic mass is 32.2. The molecule has 0 N–H and O–H groups in total. The van der Waals surface area contributed by atoms with E-state index < -0.39 is 0 Å². The standard InChI is InChI=1S/C14H15NS/c1-2-15(13-9-5-3-6-10-13)16-14-11-7-4-8-12-14/h3-12H,2H2,1H3. The summed E-state index contributed by atoms with van der Waals surface area (Å²) in [6.07, 6.45) is 0. The molecule has 0 atom stereocenters. The van der Waals surface area contributed by atoms with Gasteiger partial charge < -0.3 is 4.31 Å². The van der Waals surface area contributed by atoms with Crippen LogP contribution in [0.2, 0.25) is 0 Å². The van der Waals surface area contributed by atoms with Crippen LogP contribution >= 0.6 is 11.9 Å². The Morgan fingerprint density at radius 1 is 0.875 bits per heavy atom. The van der Waals surface area contributed by atoms with E-state index in [1.807, 2.05) is 12.1 Å². The third-order valence-electron chi connectivity index (χ3n) is 2.29. The van der Waals surface area contributed by atoms with Crippen molar-refractivity contribution in [3.05, 3.63) is 60.7 Å². The monoisotopic (exact) mass is 229 g/mol. The topological polar surface area (TPSA) is 3.24 Å². The van der Waals surface area contributed by atoms with Crippen molar-refractivity contribution in [3.63, 3.8) is 0 Å². The summed E-state index contributed by atoms with van der Waals surface area (Å²) in [5.74, 6) is 0. The molecule has 0 saturated heterocycles. The fourth-order valence-corrected chi connectivity index (χ4v) is 2.39. The molecule has 0 radical (unpaired) electrons. The Morgan fingerprint density at radius 3 is 2.00 bits per heavy atom. The molecule has 0 aliphatic heterocycles. The van der Waals surface area contributed by atoms with E-state index in [0.717, 1.165) is 6.54 Å². The molecule has 16 heavy (non-hydrogen) atoms. The number of para-hydroxylation sites is 1. The van der Waals surface area contributed by atoms with Crippen molar-refractivity contribution in [1.29, 1.82) is 0 Å². The second kappa shape index (κ2) is 5.61. The number of anilines is 1. The molecule has 0 saturated carbocycles. The molecule has 0 spiro atoms. The molecule has 1 nitrogen and oxygen atoms in total. The maximum absolute atomic E-state index is 2.29. The fourth-order valence-electron chi connectivity index (χ4n) is 1.50. The zero-order chi connectivity index (χ0) is 11.2. The van der Waals surface area contributed by atoms with Crippen LogP contribution in [0.15, 0.2) is 65.6 Å². The highest BCUT2D eigenvalue weighted by molar-refractivity contribution is 8.00. The second-order valence-electron chi connectivity index (χ2n) is 3.43. The van der Waals surface area contributed by atoms with Gasteiger partial charge in [-0.25, -0.2) is 0 Å². The third kappa shape index (κ3) is 2.80. The summed E-state index contributed by atoms with van der Waals surface area (Å²) in [5, 5.41) is 0. The van der Waals surface area contributed by atoms with Crippen LogP contribution in [0.25, 0.3) is 0 Å². The zero-order valence-corrected chi connectivity index (χ0v) is 10.2. The molecular weight excluding hydrogens is 214 g/mol. The first kappa shape index (κ1) is 11.1. The number of nitrogens with zero attached hydrogens (tertiary/aromatic N) is 1. The van der Waals surface area contributed by atoms with Crippen LogP contribution < -0.4 is 4.31 Å². The first-order chi connectivity index (χ1) is 7.90. The smallest absolute Gasteiger partial charge is 0.0473 e. The van der Waals surface area contributed by atoms with Crippen molar-refractivity contribution < 1.29 is 0 Å². The van der Waals surface area contributed by atoms with E-state index in [9.17, 15) is 0 Å². The predicted octanol–water partition coefficient (Wildman–Crippen LogP) is 4.22. The van der Waals surface area contributed by atoms with Gasteiger partial charge in [-0.05, 0) is 43.1 Å². The normalized spacial score (nSPS) is 10.1. The highest BCUT2D eigenvalue weighted by Gasteiger charge is 2.04. The van der Waals surface area contributed by atoms with Crippen molar-refractivity contribution in [2.75, 3.05) is 10.8 Å². The highest BCUT2D eigenvalue weighted by Crippen LogP contribution is 2.27. The quantitative estimate of drug-likeness (QED) is 0.722. The van der Waals surface area contributed by atoms with Crippen LogP contribution in [0.5, 0.6) is 0 Å². The van der Waals surface area contributed by atoms with Crippen LogP contribution in [0.4, 0.5) is 5.69 Å². The number of hydrogen-bond donors (Lipinski definition) is 0. The van der Waals surface area contributed by atoms with Gasteiger partial charge in [0.2, 0.25) is 0 Å². The van der Waals surface area contributed by atoms with Gasteiger partial charge >= 0.3 is 0 Å². The van der Waals surface area contributed by atoms with Gasteiger partial charge in [-0.1, -0.05) is 36.4 Å². The van der Waals surface area contributed by atoms with Crippen molar-refractivity contribution in [1.82, 2.24) is 0 Å². The van der Waals surface area contributed by atoms with Crippen molar-refractivity contribution in [2.24, 2.45) is 0 Å². The molecule has 2 aromatic carbocycles. The SMILES string of the molecule is CCN(Sc1ccccc1)c1ccccc1. The molecule has 0 unspecified atom stereocenters. The minimum atomic E-state index is 0.990. The average molecular weight is 229 g/mol. The first-order valence-corrected chi connectivity index (χ1v) is 6.23. The maximum atomic E-state index is 2.29. The minimum Gasteiger partial charge on any atom is -0.312 e. The second-order valence-corrected chi connectivity index (χ2v) is 4.53. The van der Waals surface area contributed by atoms with Crippen LogP contribution in [-0.2, 0) is 0 Å². The number of hydrogen-bond acceptors (Lipinski definition) is 2. The van der Waals surface area contributed by atoms with Gasteiger partial charge in [0.05, 0.1) is 0 Å². The molecule has 2 heteroatoms. The van der Waals surface area contributed by atoms with Crippen molar-refractivity contribution in [3.8, 4) is 0 Å². The maximum Gasteiger partial charge on any atom is 0.0473 e. The Kier molecular flexibility index (Phi) is 3.89. The van der Waals surface area contributed by atoms with Gasteiger partial charge in [-0.2, -0.15) is 0 Å². The van der Waals surface area contributed by atoms with E-state index in [1.165, 1.54) is 10.6 Å². The van der Waals surface area contributed by atoms with E-state index in [-0.39, 0.29) is 0 Å². The summed E-state index contributed by atoms with van der Waals surface area (Å²) >= 11 is 1.78. The molecular formula is C14H15NS. The Morgan fingerprint density at radius 2 is 1.44 bits per heavy atom. The van der Waals surface area contributed by atoms with Gasteiger partial charge in [-0.3, -0.25) is 0 Å². The fraction of sp³-hybridized carbons (Fsp3) is 0.143. The van der Waals surface area contributed by atoms with E-state index >= 15 is 0 Å². The van der Waals surface area contributed by atoms with Crippen LogP contribution in [0.1, 0.15) is 6.92 Å². The Labute approximate surface area is 101 Å². The molecule has 2 aromatic rings. The molecule has 2 rings (SSSR count). The van der Waals surface area contributed by atoms with Gasteiger partial charge in [0.25, 0.3) is 0 Å². The lowest BCUT2D eigenvalue weighted by Gasteiger charge is -2.21. The largest absolute Gasteiger partial charge is 0.312 e. The van der Waals surface area contributed by atoms with Crippen molar-refractivity contribution >= 4 is 17.6 Å². The van der Waals surface area contributed by atoms with E-state index in [2.05, 4.69) is 59.8 Å². The van der Waals surface area contributed by atoms with E-state index in [4.69, 9.17) is 0 Å². The molecule has 0 aromatic heterocycles. The molecule has 0 bridgehead atoms. The number of rotatable bonds is 4. The van der Waals surface area contributed by atoms with Gasteiger partial charge in [0.1, 0.15) is 0 Å². The summed E-state index contributed by atoms with van der Waals surface area (Å²) in [4.78, 5) is 1.27.